The van der Waals surface area contributed by atoms with Crippen LogP contribution in [0, 0.1) is 0 Å². The maximum Gasteiger partial charge on any atom is 0.411 e. The van der Waals surface area contributed by atoms with Crippen LogP contribution in [0.4, 0.5) is 4.79 Å². The van der Waals surface area contributed by atoms with Crippen LogP contribution < -0.4 is 0 Å². The number of morpholine rings is 1. The summed E-state index contributed by atoms with van der Waals surface area (Å²) >= 11 is 5.33. The van der Waals surface area contributed by atoms with Crippen LogP contribution in [0.5, 0.6) is 0 Å². The van der Waals surface area contributed by atoms with E-state index >= 15 is 0 Å². The maximum atomic E-state index is 11.9. The first-order valence-corrected chi connectivity index (χ1v) is 6.18. The average Bonchev–Trinajstić information content (AvgIpc) is 2.27. The molecule has 0 spiro atoms. The van der Waals surface area contributed by atoms with Crippen molar-refractivity contribution in [2.45, 2.75) is 32.4 Å². The number of hydrogen-bond donors (Lipinski definition) is 0. The molecule has 1 rings (SSSR count). The number of ether oxygens (including phenoxy) is 3. The van der Waals surface area contributed by atoms with E-state index in [1.165, 1.54) is 4.90 Å². The maximum absolute atomic E-state index is 11.9. The van der Waals surface area contributed by atoms with Crippen LogP contribution >= 0.6 is 11.6 Å². The van der Waals surface area contributed by atoms with Gasteiger partial charge in [-0.1, -0.05) is 11.6 Å². The molecule has 0 aromatic carbocycles. The van der Waals surface area contributed by atoms with Crippen LogP contribution in [0.25, 0.3) is 0 Å². The Morgan fingerprint density at radius 1 is 1.44 bits per heavy atom. The van der Waals surface area contributed by atoms with Crippen molar-refractivity contribution in [2.24, 2.45) is 0 Å². The van der Waals surface area contributed by atoms with E-state index in [2.05, 4.69) is 4.74 Å². The van der Waals surface area contributed by atoms with Crippen LogP contribution in [0.2, 0.25) is 0 Å². The highest BCUT2D eigenvalue weighted by atomic mass is 35.5. The molecule has 0 saturated carbocycles. The zero-order chi connectivity index (χ0) is 13.8. The molecule has 1 aliphatic rings. The van der Waals surface area contributed by atoms with Gasteiger partial charge in [0.1, 0.15) is 5.60 Å². The molecule has 7 heteroatoms. The highest BCUT2D eigenvalue weighted by Crippen LogP contribution is 2.15. The van der Waals surface area contributed by atoms with Gasteiger partial charge in [0.05, 0.1) is 13.2 Å². The van der Waals surface area contributed by atoms with E-state index in [9.17, 15) is 9.59 Å². The SMILES string of the molecule is CC(C)(C)OC(=O)N1CCOCC1C(=O)OCCl. The van der Waals surface area contributed by atoms with Gasteiger partial charge in [-0.2, -0.15) is 0 Å². The van der Waals surface area contributed by atoms with Crippen LogP contribution in [0.3, 0.4) is 0 Å². The summed E-state index contributed by atoms with van der Waals surface area (Å²) in [7, 11) is 0. The molecular formula is C11H18ClNO5. The predicted molar refractivity (Wildman–Crippen MR) is 64.4 cm³/mol. The lowest BCUT2D eigenvalue weighted by Gasteiger charge is -2.34. The van der Waals surface area contributed by atoms with Crippen LogP contribution in [0.15, 0.2) is 0 Å². The summed E-state index contributed by atoms with van der Waals surface area (Å²) in [6, 6.07) is -1.05. The topological polar surface area (TPSA) is 65.1 Å². The van der Waals surface area contributed by atoms with Gasteiger partial charge in [0, 0.05) is 6.54 Å². The monoisotopic (exact) mass is 279 g/mol. The van der Waals surface area contributed by atoms with Gasteiger partial charge in [0.2, 0.25) is 0 Å². The minimum atomic E-state index is -0.799. The number of carbonyl (C=O) groups is 2. The van der Waals surface area contributed by atoms with Crippen molar-refractivity contribution in [3.63, 3.8) is 0 Å². The number of amides is 1. The number of carbonyl (C=O) groups excluding carboxylic acids is 2. The van der Waals surface area contributed by atoms with Gasteiger partial charge in [-0.3, -0.25) is 4.90 Å². The number of nitrogens with zero attached hydrogens (tertiary/aromatic N) is 1. The van der Waals surface area contributed by atoms with Crippen molar-refractivity contribution < 1.29 is 23.8 Å². The quantitative estimate of drug-likeness (QED) is 0.564. The fraction of sp³-hybridized carbons (Fsp3) is 0.818. The van der Waals surface area contributed by atoms with E-state index in [1.54, 1.807) is 20.8 Å². The molecule has 1 aliphatic heterocycles. The minimum Gasteiger partial charge on any atom is -0.448 e. The van der Waals surface area contributed by atoms with Crippen LogP contribution in [-0.2, 0) is 19.0 Å². The molecule has 1 fully saturated rings. The third-order valence-corrected chi connectivity index (χ3v) is 2.33. The summed E-state index contributed by atoms with van der Waals surface area (Å²) in [6.45, 7) is 6.03. The lowest BCUT2D eigenvalue weighted by molar-refractivity contribution is -0.153. The summed E-state index contributed by atoms with van der Waals surface area (Å²) in [4.78, 5) is 24.9. The Balaban J connectivity index is 2.70. The van der Waals surface area contributed by atoms with Crippen molar-refractivity contribution >= 4 is 23.7 Å². The Bertz CT molecular complexity index is 315. The third kappa shape index (κ3) is 4.34. The van der Waals surface area contributed by atoms with E-state index < -0.39 is 23.7 Å². The Hall–Kier alpha value is -1.01. The third-order valence-electron chi connectivity index (χ3n) is 2.23. The summed E-state index contributed by atoms with van der Waals surface area (Å²) < 4.78 is 15.1. The van der Waals surface area contributed by atoms with Crippen LogP contribution in [0.1, 0.15) is 20.8 Å². The Morgan fingerprint density at radius 2 is 2.11 bits per heavy atom. The van der Waals surface area contributed by atoms with Gasteiger partial charge in [0.15, 0.2) is 12.1 Å². The van der Waals surface area contributed by atoms with Crippen molar-refractivity contribution in [1.82, 2.24) is 4.90 Å². The van der Waals surface area contributed by atoms with E-state index in [1.807, 2.05) is 0 Å². The number of hydrogen-bond acceptors (Lipinski definition) is 5. The number of rotatable bonds is 2. The Kier molecular flexibility index (Phi) is 5.22. The average molecular weight is 280 g/mol. The molecule has 1 atom stereocenters. The van der Waals surface area contributed by atoms with E-state index in [0.29, 0.717) is 6.61 Å². The molecule has 1 amide bonds. The highest BCUT2D eigenvalue weighted by Gasteiger charge is 2.36. The van der Waals surface area contributed by atoms with Gasteiger partial charge >= 0.3 is 12.1 Å². The fourth-order valence-corrected chi connectivity index (χ4v) is 1.60. The number of alkyl halides is 1. The summed E-state index contributed by atoms with van der Waals surface area (Å²) in [6.07, 6.45) is -0.553. The summed E-state index contributed by atoms with van der Waals surface area (Å²) in [5.74, 6) is -0.587. The van der Waals surface area contributed by atoms with Gasteiger partial charge in [0.25, 0.3) is 0 Å². The molecule has 18 heavy (non-hydrogen) atoms. The van der Waals surface area contributed by atoms with Crippen molar-refractivity contribution in [2.75, 3.05) is 25.8 Å². The zero-order valence-corrected chi connectivity index (χ0v) is 11.5. The highest BCUT2D eigenvalue weighted by molar-refractivity contribution is 6.17. The first kappa shape index (κ1) is 15.0. The Labute approximate surface area is 111 Å². The summed E-state index contributed by atoms with van der Waals surface area (Å²) in [5, 5.41) is 0. The van der Waals surface area contributed by atoms with Crippen molar-refractivity contribution in [3.8, 4) is 0 Å². The molecule has 1 saturated heterocycles. The predicted octanol–water partition coefficient (Wildman–Crippen LogP) is 1.36. The molecule has 0 aromatic rings. The van der Waals surface area contributed by atoms with E-state index in [0.717, 1.165) is 0 Å². The molecule has 0 aromatic heterocycles. The first-order chi connectivity index (χ1) is 8.35. The molecule has 1 heterocycles. The number of halogens is 1. The second-order valence-electron chi connectivity index (χ2n) is 4.84. The van der Waals surface area contributed by atoms with Crippen molar-refractivity contribution in [3.05, 3.63) is 0 Å². The molecule has 6 nitrogen and oxygen atoms in total. The Morgan fingerprint density at radius 3 is 2.67 bits per heavy atom. The standard InChI is InChI=1S/C11H18ClNO5/c1-11(2,3)18-10(15)13-4-5-16-6-8(13)9(14)17-7-12/h8H,4-7H2,1-3H3. The minimum absolute atomic E-state index is 0.0922. The van der Waals surface area contributed by atoms with Crippen LogP contribution in [-0.4, -0.2) is 54.4 Å². The molecule has 0 aliphatic carbocycles. The van der Waals surface area contributed by atoms with Gasteiger partial charge in [-0.05, 0) is 20.8 Å². The molecule has 1 unspecified atom stereocenters. The number of esters is 1. The molecule has 0 bridgehead atoms. The van der Waals surface area contributed by atoms with E-state index in [-0.39, 0.29) is 19.2 Å². The second kappa shape index (κ2) is 6.24. The van der Waals surface area contributed by atoms with E-state index in [4.69, 9.17) is 21.1 Å². The second-order valence-corrected chi connectivity index (χ2v) is 5.06. The largest absolute Gasteiger partial charge is 0.448 e. The molecule has 0 radical (unpaired) electrons. The molecular weight excluding hydrogens is 262 g/mol. The first-order valence-electron chi connectivity index (χ1n) is 5.65. The zero-order valence-electron chi connectivity index (χ0n) is 10.8. The lowest BCUT2D eigenvalue weighted by Crippen LogP contribution is -2.54. The molecule has 104 valence electrons. The smallest absolute Gasteiger partial charge is 0.411 e. The van der Waals surface area contributed by atoms with Gasteiger partial charge in [-0.15, -0.1) is 0 Å². The normalized spacial score (nSPS) is 20.4. The lowest BCUT2D eigenvalue weighted by atomic mass is 10.2. The molecule has 0 N–H and O–H groups in total. The summed E-state index contributed by atoms with van der Waals surface area (Å²) in [5.41, 5.74) is -0.615. The van der Waals surface area contributed by atoms with Gasteiger partial charge in [-0.25, -0.2) is 9.59 Å². The van der Waals surface area contributed by atoms with Gasteiger partial charge < -0.3 is 14.2 Å². The fourth-order valence-electron chi connectivity index (χ4n) is 1.49. The van der Waals surface area contributed by atoms with Crippen molar-refractivity contribution in [1.29, 1.82) is 0 Å².